The quantitative estimate of drug-likeness (QED) is 0.901. The summed E-state index contributed by atoms with van der Waals surface area (Å²) in [7, 11) is 0. The number of nitrogens with one attached hydrogen (secondary N) is 1. The molecule has 18 heavy (non-hydrogen) atoms. The molecule has 94 valence electrons. The number of aromatic nitrogens is 1. The molecule has 0 aliphatic heterocycles. The van der Waals surface area contributed by atoms with Crippen LogP contribution in [0, 0.1) is 11.6 Å². The van der Waals surface area contributed by atoms with Gasteiger partial charge in [0.1, 0.15) is 5.82 Å². The maximum atomic E-state index is 13.5. The van der Waals surface area contributed by atoms with Crippen LogP contribution in [0.3, 0.4) is 0 Å². The fourth-order valence-corrected chi connectivity index (χ4v) is 2.13. The summed E-state index contributed by atoms with van der Waals surface area (Å²) in [6, 6.07) is 3.69. The van der Waals surface area contributed by atoms with Gasteiger partial charge in [0.15, 0.2) is 5.82 Å². The number of rotatable bonds is 3. The summed E-state index contributed by atoms with van der Waals surface area (Å²) in [5, 5.41) is 2.83. The molecular weight excluding hydrogens is 325 g/mol. The van der Waals surface area contributed by atoms with Crippen LogP contribution in [0.25, 0.3) is 0 Å². The van der Waals surface area contributed by atoms with Gasteiger partial charge in [-0.15, -0.1) is 0 Å². The minimum atomic E-state index is -0.719. The van der Waals surface area contributed by atoms with E-state index < -0.39 is 11.6 Å². The van der Waals surface area contributed by atoms with Crippen LogP contribution < -0.4 is 5.32 Å². The number of anilines is 1. The molecule has 2 nitrogen and oxygen atoms in total. The third-order valence-electron chi connectivity index (χ3n) is 2.24. The van der Waals surface area contributed by atoms with E-state index in [0.29, 0.717) is 6.54 Å². The van der Waals surface area contributed by atoms with Crippen molar-refractivity contribution in [3.63, 3.8) is 0 Å². The van der Waals surface area contributed by atoms with E-state index in [4.69, 9.17) is 11.6 Å². The van der Waals surface area contributed by atoms with E-state index in [0.717, 1.165) is 22.2 Å². The molecular formula is C12H8BrClF2N2. The summed E-state index contributed by atoms with van der Waals surface area (Å²) < 4.78 is 27.2. The summed E-state index contributed by atoms with van der Waals surface area (Å²) in [6.07, 6.45) is 3.29. The Balaban J connectivity index is 2.16. The van der Waals surface area contributed by atoms with Gasteiger partial charge in [0.2, 0.25) is 0 Å². The second-order valence-corrected chi connectivity index (χ2v) is 4.93. The molecule has 1 aromatic carbocycles. The van der Waals surface area contributed by atoms with Crippen molar-refractivity contribution in [1.29, 1.82) is 0 Å². The number of benzene rings is 1. The Bertz CT molecular complexity index is 555. The Kier molecular flexibility index (Phi) is 4.14. The molecule has 2 aromatic rings. The van der Waals surface area contributed by atoms with Crippen molar-refractivity contribution in [3.8, 4) is 0 Å². The van der Waals surface area contributed by atoms with Crippen molar-refractivity contribution < 1.29 is 8.78 Å². The molecule has 2 rings (SSSR count). The zero-order valence-corrected chi connectivity index (χ0v) is 11.4. The Morgan fingerprint density at radius 2 is 2.00 bits per heavy atom. The van der Waals surface area contributed by atoms with Gasteiger partial charge in [-0.3, -0.25) is 4.98 Å². The maximum Gasteiger partial charge on any atom is 0.150 e. The van der Waals surface area contributed by atoms with Gasteiger partial charge in [-0.1, -0.05) is 11.6 Å². The molecule has 0 unspecified atom stereocenters. The van der Waals surface area contributed by atoms with Gasteiger partial charge in [0, 0.05) is 29.5 Å². The number of pyridine rings is 1. The number of hydrogen-bond acceptors (Lipinski definition) is 2. The van der Waals surface area contributed by atoms with Crippen molar-refractivity contribution in [2.45, 2.75) is 6.54 Å². The first kappa shape index (κ1) is 13.2. The highest BCUT2D eigenvalue weighted by atomic mass is 79.9. The molecule has 1 N–H and O–H groups in total. The molecule has 0 amide bonds. The van der Waals surface area contributed by atoms with Crippen molar-refractivity contribution in [1.82, 2.24) is 4.98 Å². The molecule has 1 heterocycles. The highest BCUT2D eigenvalue weighted by molar-refractivity contribution is 9.10. The molecule has 0 radical (unpaired) electrons. The lowest BCUT2D eigenvalue weighted by Crippen LogP contribution is -2.03. The molecule has 0 spiro atoms. The van der Waals surface area contributed by atoms with Gasteiger partial charge in [-0.25, -0.2) is 8.78 Å². The van der Waals surface area contributed by atoms with Crippen LogP contribution in [0.4, 0.5) is 14.5 Å². The predicted octanol–water partition coefficient (Wildman–Crippen LogP) is 4.39. The van der Waals surface area contributed by atoms with Gasteiger partial charge >= 0.3 is 0 Å². The van der Waals surface area contributed by atoms with Crippen LogP contribution in [0.15, 0.2) is 35.1 Å². The largest absolute Gasteiger partial charge is 0.377 e. The van der Waals surface area contributed by atoms with E-state index in [1.165, 1.54) is 0 Å². The Morgan fingerprint density at radius 3 is 2.67 bits per heavy atom. The Hall–Kier alpha value is -1.20. The third kappa shape index (κ3) is 3.17. The summed E-state index contributed by atoms with van der Waals surface area (Å²) in [4.78, 5) is 3.98. The summed E-state index contributed by atoms with van der Waals surface area (Å²) in [6.45, 7) is 0.342. The molecule has 0 atom stereocenters. The maximum absolute atomic E-state index is 13.5. The summed E-state index contributed by atoms with van der Waals surface area (Å²) >= 11 is 9.05. The lowest BCUT2D eigenvalue weighted by Gasteiger charge is -2.09. The van der Waals surface area contributed by atoms with Crippen LogP contribution in [-0.2, 0) is 6.54 Å². The number of nitrogens with zero attached hydrogens (tertiary/aromatic N) is 1. The van der Waals surface area contributed by atoms with Gasteiger partial charge in [0.25, 0.3) is 0 Å². The van der Waals surface area contributed by atoms with E-state index >= 15 is 0 Å². The molecule has 0 saturated heterocycles. The average molecular weight is 334 g/mol. The summed E-state index contributed by atoms with van der Waals surface area (Å²) in [5.41, 5.74) is 0.933. The number of hydrogen-bond donors (Lipinski definition) is 1. The van der Waals surface area contributed by atoms with Crippen molar-refractivity contribution in [2.75, 3.05) is 5.32 Å². The topological polar surface area (TPSA) is 24.9 Å². The van der Waals surface area contributed by atoms with Crippen LogP contribution in [0.5, 0.6) is 0 Å². The zero-order valence-electron chi connectivity index (χ0n) is 9.05. The number of halogens is 4. The first-order valence-electron chi connectivity index (χ1n) is 5.04. The molecule has 0 bridgehead atoms. The lowest BCUT2D eigenvalue weighted by molar-refractivity contribution is 0.585. The molecule has 0 aliphatic rings. The van der Waals surface area contributed by atoms with Gasteiger partial charge in [-0.05, 0) is 33.6 Å². The monoisotopic (exact) mass is 332 g/mol. The van der Waals surface area contributed by atoms with Crippen LogP contribution in [-0.4, -0.2) is 4.98 Å². The van der Waals surface area contributed by atoms with Crippen LogP contribution in [0.1, 0.15) is 5.56 Å². The SMILES string of the molecule is Fc1cc(F)c(NCc2cncc(Br)c2)c(Cl)c1. The standard InChI is InChI=1S/C12H8BrClF2N2/c13-8-1-7(4-17-6-8)5-18-12-10(14)2-9(15)3-11(12)16/h1-4,6,18H,5H2. The van der Waals surface area contributed by atoms with Gasteiger partial charge in [0.05, 0.1) is 10.7 Å². The normalized spacial score (nSPS) is 10.4. The summed E-state index contributed by atoms with van der Waals surface area (Å²) in [5.74, 6) is -1.42. The first-order valence-corrected chi connectivity index (χ1v) is 6.21. The molecule has 1 aromatic heterocycles. The first-order chi connectivity index (χ1) is 8.56. The predicted molar refractivity (Wildman–Crippen MR) is 70.6 cm³/mol. The van der Waals surface area contributed by atoms with Crippen LogP contribution in [0.2, 0.25) is 5.02 Å². The Labute approximate surface area is 116 Å². The minimum Gasteiger partial charge on any atom is -0.377 e. The van der Waals surface area contributed by atoms with E-state index in [9.17, 15) is 8.78 Å². The van der Waals surface area contributed by atoms with Crippen molar-refractivity contribution >= 4 is 33.2 Å². The second kappa shape index (κ2) is 5.63. The molecule has 0 saturated carbocycles. The smallest absolute Gasteiger partial charge is 0.150 e. The Morgan fingerprint density at radius 1 is 1.22 bits per heavy atom. The van der Waals surface area contributed by atoms with Crippen molar-refractivity contribution in [3.05, 3.63) is 57.3 Å². The third-order valence-corrected chi connectivity index (χ3v) is 2.97. The molecule has 0 aliphatic carbocycles. The zero-order chi connectivity index (χ0) is 13.1. The van der Waals surface area contributed by atoms with Crippen molar-refractivity contribution in [2.24, 2.45) is 0 Å². The van der Waals surface area contributed by atoms with E-state index in [2.05, 4.69) is 26.2 Å². The van der Waals surface area contributed by atoms with E-state index in [-0.39, 0.29) is 10.7 Å². The average Bonchev–Trinajstić information content (AvgIpc) is 2.27. The fourth-order valence-electron chi connectivity index (χ4n) is 1.45. The minimum absolute atomic E-state index is 0.00968. The van der Waals surface area contributed by atoms with Crippen LogP contribution >= 0.6 is 27.5 Å². The highest BCUT2D eigenvalue weighted by Crippen LogP contribution is 2.26. The van der Waals surface area contributed by atoms with Gasteiger partial charge < -0.3 is 5.32 Å². The molecule has 6 heteroatoms. The van der Waals surface area contributed by atoms with E-state index in [1.54, 1.807) is 12.4 Å². The fraction of sp³-hybridized carbons (Fsp3) is 0.0833. The lowest BCUT2D eigenvalue weighted by atomic mass is 10.2. The second-order valence-electron chi connectivity index (χ2n) is 3.61. The van der Waals surface area contributed by atoms with E-state index in [1.807, 2.05) is 6.07 Å². The van der Waals surface area contributed by atoms with Gasteiger partial charge in [-0.2, -0.15) is 0 Å². The molecule has 0 fully saturated rings. The highest BCUT2D eigenvalue weighted by Gasteiger charge is 2.09.